The summed E-state index contributed by atoms with van der Waals surface area (Å²) >= 11 is 0. The average Bonchev–Trinajstić information content (AvgIpc) is 3.37. The molecule has 3 fully saturated rings. The standard InChI is InChI=1S/C21H25F5N4O3/c22-20(23)4-5-29(13-20)18(31)17-11-16(12-30(17)19(32)33)28-8-6-27(7-9-28)15-3-1-2-14(10-15)21(24,25)26/h1-3,10,16-17H,4-9,11-13H2,(H,32,33)/t16-,17-/m0/s1. The molecule has 182 valence electrons. The van der Waals surface area contributed by atoms with Crippen LogP contribution in [0.3, 0.4) is 0 Å². The monoisotopic (exact) mass is 476 g/mol. The molecule has 3 saturated heterocycles. The number of carbonyl (C=O) groups excluding carboxylic acids is 1. The summed E-state index contributed by atoms with van der Waals surface area (Å²) in [6.07, 6.45) is -5.93. The van der Waals surface area contributed by atoms with E-state index in [4.69, 9.17) is 0 Å². The van der Waals surface area contributed by atoms with Crippen molar-refractivity contribution in [2.24, 2.45) is 0 Å². The second kappa shape index (κ2) is 8.62. The number of hydrogen-bond donors (Lipinski definition) is 1. The Hall–Kier alpha value is -2.63. The topological polar surface area (TPSA) is 67.3 Å². The Morgan fingerprint density at radius 3 is 2.33 bits per heavy atom. The van der Waals surface area contributed by atoms with Gasteiger partial charge in [0.2, 0.25) is 5.91 Å². The number of amides is 2. The van der Waals surface area contributed by atoms with Crippen molar-refractivity contribution in [1.82, 2.24) is 14.7 Å². The van der Waals surface area contributed by atoms with Gasteiger partial charge >= 0.3 is 12.3 Å². The molecule has 33 heavy (non-hydrogen) atoms. The number of rotatable bonds is 3. The molecule has 7 nitrogen and oxygen atoms in total. The van der Waals surface area contributed by atoms with E-state index in [9.17, 15) is 36.6 Å². The van der Waals surface area contributed by atoms with Gasteiger partial charge in [0.1, 0.15) is 6.04 Å². The molecule has 3 aliphatic heterocycles. The molecule has 12 heteroatoms. The van der Waals surface area contributed by atoms with Gasteiger partial charge in [0.25, 0.3) is 5.92 Å². The highest BCUT2D eigenvalue weighted by atomic mass is 19.4. The Morgan fingerprint density at radius 2 is 1.76 bits per heavy atom. The smallest absolute Gasteiger partial charge is 0.416 e. The maximum absolute atomic E-state index is 13.5. The maximum Gasteiger partial charge on any atom is 0.416 e. The lowest BCUT2D eigenvalue weighted by molar-refractivity contribution is -0.137. The molecule has 0 spiro atoms. The van der Waals surface area contributed by atoms with E-state index in [0.29, 0.717) is 31.9 Å². The number of hydrogen-bond acceptors (Lipinski definition) is 4. The molecular formula is C21H25F5N4O3. The van der Waals surface area contributed by atoms with E-state index in [0.717, 1.165) is 21.9 Å². The zero-order valence-corrected chi connectivity index (χ0v) is 17.8. The van der Waals surface area contributed by atoms with Gasteiger partial charge in [-0.1, -0.05) is 6.07 Å². The van der Waals surface area contributed by atoms with E-state index in [1.807, 2.05) is 9.80 Å². The van der Waals surface area contributed by atoms with Crippen molar-refractivity contribution in [3.8, 4) is 0 Å². The molecule has 1 aromatic rings. The van der Waals surface area contributed by atoms with Gasteiger partial charge in [-0.2, -0.15) is 13.2 Å². The normalized spacial score (nSPS) is 26.2. The third-order valence-corrected chi connectivity index (χ3v) is 6.66. The summed E-state index contributed by atoms with van der Waals surface area (Å²) in [5, 5.41) is 9.57. The number of alkyl halides is 5. The molecule has 2 amide bonds. The zero-order chi connectivity index (χ0) is 24.0. The Balaban J connectivity index is 1.39. The Bertz CT molecular complexity index is 904. The maximum atomic E-state index is 13.5. The molecule has 0 aliphatic carbocycles. The van der Waals surface area contributed by atoms with E-state index >= 15 is 0 Å². The number of halogens is 5. The zero-order valence-electron chi connectivity index (χ0n) is 17.8. The van der Waals surface area contributed by atoms with Gasteiger partial charge in [0.15, 0.2) is 0 Å². The van der Waals surface area contributed by atoms with Gasteiger partial charge in [-0.3, -0.25) is 14.6 Å². The van der Waals surface area contributed by atoms with Crippen LogP contribution in [-0.4, -0.2) is 95.6 Å². The minimum atomic E-state index is -4.43. The number of benzene rings is 1. The first-order valence-corrected chi connectivity index (χ1v) is 10.8. The van der Waals surface area contributed by atoms with Crippen molar-refractivity contribution in [3.05, 3.63) is 29.8 Å². The van der Waals surface area contributed by atoms with Crippen LogP contribution < -0.4 is 4.90 Å². The Kier molecular flexibility index (Phi) is 6.14. The van der Waals surface area contributed by atoms with Gasteiger partial charge in [0.05, 0.1) is 12.1 Å². The number of nitrogens with zero attached hydrogens (tertiary/aromatic N) is 4. The quantitative estimate of drug-likeness (QED) is 0.680. The summed E-state index contributed by atoms with van der Waals surface area (Å²) < 4.78 is 66.1. The second-order valence-corrected chi connectivity index (χ2v) is 8.78. The minimum Gasteiger partial charge on any atom is -0.465 e. The van der Waals surface area contributed by atoms with Gasteiger partial charge < -0.3 is 14.9 Å². The first-order valence-electron chi connectivity index (χ1n) is 10.8. The fourth-order valence-corrected chi connectivity index (χ4v) is 4.88. The van der Waals surface area contributed by atoms with E-state index in [-0.39, 0.29) is 25.6 Å². The van der Waals surface area contributed by atoms with E-state index in [1.165, 1.54) is 6.07 Å². The summed E-state index contributed by atoms with van der Waals surface area (Å²) in [4.78, 5) is 30.4. The van der Waals surface area contributed by atoms with Gasteiger partial charge in [0, 0.05) is 57.4 Å². The molecule has 1 N–H and O–H groups in total. The Morgan fingerprint density at radius 1 is 1.06 bits per heavy atom. The van der Waals surface area contributed by atoms with Crippen LogP contribution in [0, 0.1) is 0 Å². The minimum absolute atomic E-state index is 0.0829. The second-order valence-electron chi connectivity index (χ2n) is 8.78. The van der Waals surface area contributed by atoms with Crippen LogP contribution in [0.4, 0.5) is 32.4 Å². The number of anilines is 1. The molecule has 0 radical (unpaired) electrons. The molecule has 2 atom stereocenters. The fraction of sp³-hybridized carbons (Fsp3) is 0.619. The first kappa shape index (κ1) is 23.5. The summed E-state index contributed by atoms with van der Waals surface area (Å²) in [6.45, 7) is 1.14. The predicted octanol–water partition coefficient (Wildman–Crippen LogP) is 2.82. The van der Waals surface area contributed by atoms with Crippen LogP contribution in [0.2, 0.25) is 0 Å². The van der Waals surface area contributed by atoms with Crippen LogP contribution in [-0.2, 0) is 11.0 Å². The lowest BCUT2D eigenvalue weighted by Gasteiger charge is -2.39. The van der Waals surface area contributed by atoms with E-state index in [1.54, 1.807) is 6.07 Å². The highest BCUT2D eigenvalue weighted by Crippen LogP contribution is 2.33. The lowest BCUT2D eigenvalue weighted by Crippen LogP contribution is -2.51. The van der Waals surface area contributed by atoms with E-state index in [2.05, 4.69) is 0 Å². The molecule has 0 saturated carbocycles. The summed E-state index contributed by atoms with van der Waals surface area (Å²) in [7, 11) is 0. The molecule has 3 heterocycles. The van der Waals surface area contributed by atoms with Crippen LogP contribution in [0.15, 0.2) is 24.3 Å². The number of carbonyl (C=O) groups is 2. The van der Waals surface area contributed by atoms with Crippen molar-refractivity contribution >= 4 is 17.7 Å². The van der Waals surface area contributed by atoms with Crippen molar-refractivity contribution in [1.29, 1.82) is 0 Å². The van der Waals surface area contributed by atoms with Gasteiger partial charge in [-0.25, -0.2) is 13.6 Å². The fourth-order valence-electron chi connectivity index (χ4n) is 4.88. The SMILES string of the molecule is O=C([C@@H]1C[C@H](N2CCN(c3cccc(C(F)(F)F)c3)CC2)CN1C(=O)O)N1CCC(F)(F)C1. The average molecular weight is 476 g/mol. The number of likely N-dealkylation sites (tertiary alicyclic amines) is 2. The molecular weight excluding hydrogens is 451 g/mol. The highest BCUT2D eigenvalue weighted by molar-refractivity contribution is 5.86. The molecule has 3 aliphatic rings. The van der Waals surface area contributed by atoms with Crippen LogP contribution in [0.5, 0.6) is 0 Å². The van der Waals surface area contributed by atoms with Crippen molar-refractivity contribution < 1.29 is 36.6 Å². The van der Waals surface area contributed by atoms with Crippen molar-refractivity contribution in [2.45, 2.75) is 37.0 Å². The molecule has 0 aromatic heterocycles. The predicted molar refractivity (Wildman–Crippen MR) is 108 cm³/mol. The van der Waals surface area contributed by atoms with Crippen molar-refractivity contribution in [2.75, 3.05) is 50.7 Å². The molecule has 4 rings (SSSR count). The first-order chi connectivity index (χ1) is 15.4. The molecule has 0 bridgehead atoms. The summed E-state index contributed by atoms with van der Waals surface area (Å²) in [6, 6.07) is 3.84. The number of carboxylic acid groups (broad SMARTS) is 1. The van der Waals surface area contributed by atoms with Crippen LogP contribution in [0.1, 0.15) is 18.4 Å². The van der Waals surface area contributed by atoms with E-state index < -0.39 is 48.7 Å². The Labute approximate surface area is 187 Å². The number of piperazine rings is 1. The van der Waals surface area contributed by atoms with Crippen LogP contribution in [0.25, 0.3) is 0 Å². The van der Waals surface area contributed by atoms with Gasteiger partial charge in [-0.05, 0) is 24.6 Å². The largest absolute Gasteiger partial charge is 0.465 e. The third-order valence-electron chi connectivity index (χ3n) is 6.66. The third kappa shape index (κ3) is 4.99. The highest BCUT2D eigenvalue weighted by Gasteiger charge is 2.48. The van der Waals surface area contributed by atoms with Crippen LogP contribution >= 0.6 is 0 Å². The summed E-state index contributed by atoms with van der Waals surface area (Å²) in [5.41, 5.74) is -0.254. The lowest BCUT2D eigenvalue weighted by atomic mass is 10.1. The molecule has 1 aromatic carbocycles. The summed E-state index contributed by atoms with van der Waals surface area (Å²) in [5.74, 6) is -3.55. The molecule has 0 unspecified atom stereocenters. The van der Waals surface area contributed by atoms with Gasteiger partial charge in [-0.15, -0.1) is 0 Å². The van der Waals surface area contributed by atoms with Crippen molar-refractivity contribution in [3.63, 3.8) is 0 Å².